The molecule has 0 saturated heterocycles. The molecule has 1 aromatic rings. The minimum Gasteiger partial charge on any atom is -0.366 e. The normalized spacial score (nSPS) is 10.2. The molecule has 0 saturated carbocycles. The van der Waals surface area contributed by atoms with Gasteiger partial charge in [0.2, 0.25) is 5.91 Å². The summed E-state index contributed by atoms with van der Waals surface area (Å²) in [5.74, 6) is 0.802. The SMILES string of the molecule is C[C](C)c1cccc(C(N)=O)c1. The van der Waals surface area contributed by atoms with E-state index in [1.165, 1.54) is 5.92 Å². The minimum atomic E-state index is -0.377. The smallest absolute Gasteiger partial charge is 0.248 e. The number of carbonyl (C=O) groups is 1. The average molecular weight is 162 g/mol. The van der Waals surface area contributed by atoms with E-state index in [-0.39, 0.29) is 5.91 Å². The monoisotopic (exact) mass is 162 g/mol. The molecule has 0 heterocycles. The lowest BCUT2D eigenvalue weighted by atomic mass is 10.0. The van der Waals surface area contributed by atoms with Gasteiger partial charge in [0.25, 0.3) is 0 Å². The van der Waals surface area contributed by atoms with E-state index in [4.69, 9.17) is 5.73 Å². The van der Waals surface area contributed by atoms with Crippen molar-refractivity contribution < 1.29 is 4.79 Å². The summed E-state index contributed by atoms with van der Waals surface area (Å²) >= 11 is 0. The molecule has 2 nitrogen and oxygen atoms in total. The van der Waals surface area contributed by atoms with Crippen LogP contribution in [-0.2, 0) is 0 Å². The molecule has 0 unspecified atom stereocenters. The van der Waals surface area contributed by atoms with Gasteiger partial charge >= 0.3 is 0 Å². The molecule has 2 N–H and O–H groups in total. The van der Waals surface area contributed by atoms with E-state index in [2.05, 4.69) is 0 Å². The lowest BCUT2D eigenvalue weighted by Gasteiger charge is -2.04. The van der Waals surface area contributed by atoms with Gasteiger partial charge in [-0.05, 0) is 23.6 Å². The molecule has 0 bridgehead atoms. The van der Waals surface area contributed by atoms with Crippen molar-refractivity contribution in [2.45, 2.75) is 13.8 Å². The zero-order chi connectivity index (χ0) is 9.14. The molecule has 0 aromatic heterocycles. The molecule has 0 aliphatic carbocycles. The molecule has 1 aromatic carbocycles. The molecule has 1 amide bonds. The van der Waals surface area contributed by atoms with Crippen LogP contribution in [-0.4, -0.2) is 5.91 Å². The van der Waals surface area contributed by atoms with Crippen LogP contribution in [0.1, 0.15) is 29.8 Å². The highest BCUT2D eigenvalue weighted by atomic mass is 16.1. The minimum absolute atomic E-state index is 0.377. The number of benzene rings is 1. The van der Waals surface area contributed by atoms with Crippen molar-refractivity contribution in [3.63, 3.8) is 0 Å². The van der Waals surface area contributed by atoms with Crippen molar-refractivity contribution in [2.24, 2.45) is 5.73 Å². The summed E-state index contributed by atoms with van der Waals surface area (Å²) in [5, 5.41) is 0. The Kier molecular flexibility index (Phi) is 2.48. The maximum Gasteiger partial charge on any atom is 0.248 e. The average Bonchev–Trinajstić information content (AvgIpc) is 2.04. The van der Waals surface area contributed by atoms with Crippen LogP contribution >= 0.6 is 0 Å². The van der Waals surface area contributed by atoms with Gasteiger partial charge in [-0.2, -0.15) is 0 Å². The number of carbonyl (C=O) groups excluding carboxylic acids is 1. The maximum atomic E-state index is 10.8. The van der Waals surface area contributed by atoms with Crippen molar-refractivity contribution in [3.8, 4) is 0 Å². The molecule has 1 rings (SSSR count). The van der Waals surface area contributed by atoms with Crippen LogP contribution in [0.4, 0.5) is 0 Å². The summed E-state index contributed by atoms with van der Waals surface area (Å²) in [6.07, 6.45) is 0. The highest BCUT2D eigenvalue weighted by Crippen LogP contribution is 2.14. The third kappa shape index (κ3) is 1.84. The van der Waals surface area contributed by atoms with Crippen LogP contribution < -0.4 is 5.73 Å². The Morgan fingerprint density at radius 1 is 1.25 bits per heavy atom. The Labute approximate surface area is 72.4 Å². The van der Waals surface area contributed by atoms with Crippen LogP contribution in [0, 0.1) is 5.92 Å². The molecule has 0 fully saturated rings. The molecule has 12 heavy (non-hydrogen) atoms. The van der Waals surface area contributed by atoms with Gasteiger partial charge in [-0.15, -0.1) is 0 Å². The predicted molar refractivity (Wildman–Crippen MR) is 48.7 cm³/mol. The lowest BCUT2D eigenvalue weighted by molar-refractivity contribution is 0.100. The van der Waals surface area contributed by atoms with E-state index in [9.17, 15) is 4.79 Å². The fourth-order valence-corrected chi connectivity index (χ4v) is 0.983. The highest BCUT2D eigenvalue weighted by Gasteiger charge is 2.03. The number of amides is 1. The quantitative estimate of drug-likeness (QED) is 0.707. The highest BCUT2D eigenvalue weighted by molar-refractivity contribution is 5.93. The van der Waals surface area contributed by atoms with Crippen molar-refractivity contribution >= 4 is 5.91 Å². The van der Waals surface area contributed by atoms with Gasteiger partial charge in [0.1, 0.15) is 0 Å². The molecular formula is C10H12NO. The van der Waals surface area contributed by atoms with Crippen LogP contribution in [0.3, 0.4) is 0 Å². The zero-order valence-electron chi connectivity index (χ0n) is 7.29. The Balaban J connectivity index is 3.04. The Bertz CT molecular complexity index is 292. The molecule has 1 radical (unpaired) electrons. The van der Waals surface area contributed by atoms with E-state index in [0.717, 1.165) is 5.56 Å². The molecule has 0 aliphatic rings. The van der Waals surface area contributed by atoms with Crippen LogP contribution in [0.25, 0.3) is 0 Å². The summed E-state index contributed by atoms with van der Waals surface area (Å²) in [4.78, 5) is 10.8. The van der Waals surface area contributed by atoms with Crippen LogP contribution in [0.2, 0.25) is 0 Å². The first kappa shape index (κ1) is 8.78. The van der Waals surface area contributed by atoms with Crippen molar-refractivity contribution in [1.29, 1.82) is 0 Å². The first-order valence-corrected chi connectivity index (χ1v) is 3.81. The van der Waals surface area contributed by atoms with Crippen molar-refractivity contribution in [1.82, 2.24) is 0 Å². The predicted octanol–water partition coefficient (Wildman–Crippen LogP) is 1.75. The fraction of sp³-hybridized carbons (Fsp3) is 0.200. The maximum absolute atomic E-state index is 10.8. The molecule has 0 aliphatic heterocycles. The fourth-order valence-electron chi connectivity index (χ4n) is 0.983. The van der Waals surface area contributed by atoms with E-state index in [1.54, 1.807) is 12.1 Å². The Hall–Kier alpha value is -1.31. The van der Waals surface area contributed by atoms with E-state index >= 15 is 0 Å². The first-order valence-electron chi connectivity index (χ1n) is 3.81. The number of hydrogen-bond acceptors (Lipinski definition) is 1. The second-order valence-corrected chi connectivity index (χ2v) is 2.95. The van der Waals surface area contributed by atoms with E-state index < -0.39 is 0 Å². The third-order valence-electron chi connectivity index (χ3n) is 1.72. The Morgan fingerprint density at radius 3 is 2.33 bits per heavy atom. The number of rotatable bonds is 2. The third-order valence-corrected chi connectivity index (χ3v) is 1.72. The Morgan fingerprint density at radius 2 is 1.83 bits per heavy atom. The van der Waals surface area contributed by atoms with Gasteiger partial charge in [-0.1, -0.05) is 26.0 Å². The van der Waals surface area contributed by atoms with Crippen LogP contribution in [0.15, 0.2) is 24.3 Å². The molecule has 2 heteroatoms. The van der Waals surface area contributed by atoms with Crippen molar-refractivity contribution in [3.05, 3.63) is 41.3 Å². The number of nitrogens with two attached hydrogens (primary N) is 1. The zero-order valence-corrected chi connectivity index (χ0v) is 7.29. The second kappa shape index (κ2) is 3.39. The number of primary amides is 1. The first-order chi connectivity index (χ1) is 5.61. The summed E-state index contributed by atoms with van der Waals surface area (Å²) in [6.45, 7) is 4.00. The van der Waals surface area contributed by atoms with Gasteiger partial charge in [0.15, 0.2) is 0 Å². The molecular weight excluding hydrogens is 150 g/mol. The summed E-state index contributed by atoms with van der Waals surface area (Å²) in [5.41, 5.74) is 6.76. The summed E-state index contributed by atoms with van der Waals surface area (Å²) in [7, 11) is 0. The topological polar surface area (TPSA) is 43.1 Å². The van der Waals surface area contributed by atoms with E-state index in [0.29, 0.717) is 5.56 Å². The summed E-state index contributed by atoms with van der Waals surface area (Å²) in [6, 6.07) is 7.32. The van der Waals surface area contributed by atoms with Gasteiger partial charge in [-0.25, -0.2) is 0 Å². The molecule has 0 atom stereocenters. The number of hydrogen-bond donors (Lipinski definition) is 1. The van der Waals surface area contributed by atoms with Crippen LogP contribution in [0.5, 0.6) is 0 Å². The van der Waals surface area contributed by atoms with Gasteiger partial charge in [0, 0.05) is 5.56 Å². The lowest BCUT2D eigenvalue weighted by Crippen LogP contribution is -2.11. The molecule has 0 spiro atoms. The van der Waals surface area contributed by atoms with Crippen molar-refractivity contribution in [2.75, 3.05) is 0 Å². The summed E-state index contributed by atoms with van der Waals surface area (Å²) < 4.78 is 0. The van der Waals surface area contributed by atoms with Gasteiger partial charge < -0.3 is 5.73 Å². The van der Waals surface area contributed by atoms with E-state index in [1.807, 2.05) is 26.0 Å². The molecule has 63 valence electrons. The van der Waals surface area contributed by atoms with Gasteiger partial charge in [0.05, 0.1) is 0 Å². The standard InChI is InChI=1S/C10H12NO/c1-7(2)8-4-3-5-9(6-8)10(11)12/h3-6H,1-2H3,(H2,11,12). The second-order valence-electron chi connectivity index (χ2n) is 2.95. The largest absolute Gasteiger partial charge is 0.366 e. The van der Waals surface area contributed by atoms with Gasteiger partial charge in [-0.3, -0.25) is 4.79 Å².